The van der Waals surface area contributed by atoms with Crippen molar-refractivity contribution in [1.82, 2.24) is 5.32 Å². The molecule has 0 aliphatic heterocycles. The summed E-state index contributed by atoms with van der Waals surface area (Å²) in [7, 11) is 1.73. The fourth-order valence-corrected chi connectivity index (χ4v) is 3.71. The van der Waals surface area contributed by atoms with Crippen LogP contribution >= 0.6 is 0 Å². The van der Waals surface area contributed by atoms with Crippen LogP contribution in [0.2, 0.25) is 0 Å². The predicted molar refractivity (Wildman–Crippen MR) is 103 cm³/mol. The Balaban J connectivity index is 1.62. The lowest BCUT2D eigenvalue weighted by molar-refractivity contribution is -0.274. The van der Waals surface area contributed by atoms with Crippen LogP contribution in [-0.2, 0) is 17.6 Å². The normalized spacial score (nSPS) is 17.3. The van der Waals surface area contributed by atoms with E-state index < -0.39 is 6.36 Å². The summed E-state index contributed by atoms with van der Waals surface area (Å²) in [6, 6.07) is 11.1. The Hall–Kier alpha value is -2.54. The van der Waals surface area contributed by atoms with Gasteiger partial charge in [-0.3, -0.25) is 4.79 Å². The number of carbonyl (C=O) groups is 1. The molecule has 0 aromatic heterocycles. The first-order valence-corrected chi connectivity index (χ1v) is 9.54. The van der Waals surface area contributed by atoms with Crippen LogP contribution in [0.15, 0.2) is 42.5 Å². The fourth-order valence-electron chi connectivity index (χ4n) is 3.71. The molecule has 0 heterocycles. The molecular formula is C22H24F3NO3. The number of amides is 1. The van der Waals surface area contributed by atoms with Crippen molar-refractivity contribution in [3.8, 4) is 5.75 Å². The number of alkyl halides is 3. The van der Waals surface area contributed by atoms with Crippen LogP contribution in [0.3, 0.4) is 0 Å². The number of rotatable bonds is 6. The number of halogens is 3. The first-order chi connectivity index (χ1) is 13.8. The maximum atomic E-state index is 12.4. The zero-order chi connectivity index (χ0) is 21.0. The summed E-state index contributed by atoms with van der Waals surface area (Å²) in [6.45, 7) is 2.47. The standard InChI is InChI=1S/C22H24F3NO3/c1-14(19-5-3-4-15-6-11-18(28-2)12-20(15)19)13-26-21(27)16-7-9-17(10-8-16)29-22(23,24)25/h3-5,7-10,14,18H,6,11-13H2,1-2H3,(H,26,27). The van der Waals surface area contributed by atoms with Gasteiger partial charge in [-0.1, -0.05) is 25.1 Å². The minimum atomic E-state index is -4.75. The van der Waals surface area contributed by atoms with Crippen molar-refractivity contribution in [2.75, 3.05) is 13.7 Å². The molecule has 0 spiro atoms. The number of carbonyl (C=O) groups excluding carboxylic acids is 1. The lowest BCUT2D eigenvalue weighted by Crippen LogP contribution is -2.29. The SMILES string of the molecule is COC1CCc2cccc(C(C)CNC(=O)c3ccc(OC(F)(F)F)cc3)c2C1. The number of hydrogen-bond donors (Lipinski definition) is 1. The highest BCUT2D eigenvalue weighted by molar-refractivity contribution is 5.94. The number of benzene rings is 2. The summed E-state index contributed by atoms with van der Waals surface area (Å²) >= 11 is 0. The van der Waals surface area contributed by atoms with E-state index in [0.717, 1.165) is 31.4 Å². The lowest BCUT2D eigenvalue weighted by atomic mass is 9.83. The summed E-state index contributed by atoms with van der Waals surface area (Å²) in [5.41, 5.74) is 4.09. The Morgan fingerprint density at radius 2 is 1.93 bits per heavy atom. The van der Waals surface area contributed by atoms with Crippen molar-refractivity contribution in [2.24, 2.45) is 0 Å². The highest BCUT2D eigenvalue weighted by Gasteiger charge is 2.31. The second-order valence-electron chi connectivity index (χ2n) is 7.27. The van der Waals surface area contributed by atoms with Gasteiger partial charge in [0.25, 0.3) is 5.91 Å². The molecule has 3 rings (SSSR count). The number of fused-ring (bicyclic) bond motifs is 1. The van der Waals surface area contributed by atoms with E-state index in [9.17, 15) is 18.0 Å². The highest BCUT2D eigenvalue weighted by atomic mass is 19.4. The summed E-state index contributed by atoms with van der Waals surface area (Å²) in [5, 5.41) is 2.86. The van der Waals surface area contributed by atoms with Crippen LogP contribution in [0, 0.1) is 0 Å². The molecule has 2 atom stereocenters. The molecule has 0 saturated carbocycles. The number of ether oxygens (including phenoxy) is 2. The molecule has 1 amide bonds. The smallest absolute Gasteiger partial charge is 0.406 e. The van der Waals surface area contributed by atoms with Gasteiger partial charge in [0.15, 0.2) is 0 Å². The maximum absolute atomic E-state index is 12.4. The molecule has 1 N–H and O–H groups in total. The summed E-state index contributed by atoms with van der Waals surface area (Å²) < 4.78 is 46.0. The summed E-state index contributed by atoms with van der Waals surface area (Å²) in [5.74, 6) is -0.599. The van der Waals surface area contributed by atoms with Gasteiger partial charge in [-0.05, 0) is 66.1 Å². The van der Waals surface area contributed by atoms with Gasteiger partial charge in [-0.25, -0.2) is 0 Å². The molecule has 29 heavy (non-hydrogen) atoms. The maximum Gasteiger partial charge on any atom is 0.573 e. The van der Waals surface area contributed by atoms with Crippen molar-refractivity contribution in [3.63, 3.8) is 0 Å². The van der Waals surface area contributed by atoms with E-state index in [0.29, 0.717) is 6.54 Å². The second kappa shape index (κ2) is 8.86. The van der Waals surface area contributed by atoms with Crippen LogP contribution in [0.4, 0.5) is 13.2 Å². The van der Waals surface area contributed by atoms with Gasteiger partial charge >= 0.3 is 6.36 Å². The van der Waals surface area contributed by atoms with Crippen molar-refractivity contribution >= 4 is 5.91 Å². The third kappa shape index (κ3) is 5.50. The molecule has 156 valence electrons. The Morgan fingerprint density at radius 3 is 2.59 bits per heavy atom. The summed E-state index contributed by atoms with van der Waals surface area (Å²) in [6.07, 6.45) is -1.70. The number of nitrogens with one attached hydrogen (secondary N) is 1. The molecule has 2 unspecified atom stereocenters. The fraction of sp³-hybridized carbons (Fsp3) is 0.409. The van der Waals surface area contributed by atoms with Gasteiger partial charge in [0.1, 0.15) is 5.75 Å². The van der Waals surface area contributed by atoms with Crippen LogP contribution < -0.4 is 10.1 Å². The molecule has 0 saturated heterocycles. The van der Waals surface area contributed by atoms with E-state index in [1.807, 2.05) is 13.0 Å². The third-order valence-electron chi connectivity index (χ3n) is 5.26. The molecule has 4 nitrogen and oxygen atoms in total. The topological polar surface area (TPSA) is 47.6 Å². The van der Waals surface area contributed by atoms with Crippen molar-refractivity contribution < 1.29 is 27.4 Å². The molecule has 0 radical (unpaired) electrons. The van der Waals surface area contributed by atoms with Gasteiger partial charge in [0.2, 0.25) is 0 Å². The first kappa shape index (κ1) is 21.2. The molecule has 0 bridgehead atoms. The molecule has 1 aliphatic rings. The molecule has 0 fully saturated rings. The van der Waals surface area contributed by atoms with E-state index in [-0.39, 0.29) is 29.2 Å². The quantitative estimate of drug-likeness (QED) is 0.760. The Morgan fingerprint density at radius 1 is 1.21 bits per heavy atom. The third-order valence-corrected chi connectivity index (χ3v) is 5.26. The number of hydrogen-bond acceptors (Lipinski definition) is 3. The predicted octanol–water partition coefficient (Wildman–Crippen LogP) is 4.62. The highest BCUT2D eigenvalue weighted by Crippen LogP contribution is 2.30. The lowest BCUT2D eigenvalue weighted by Gasteiger charge is -2.27. The van der Waals surface area contributed by atoms with E-state index in [4.69, 9.17) is 4.74 Å². The molecule has 1 aliphatic carbocycles. The van der Waals surface area contributed by atoms with Gasteiger partial charge < -0.3 is 14.8 Å². The van der Waals surface area contributed by atoms with Gasteiger partial charge in [0, 0.05) is 19.2 Å². The Labute approximate surface area is 168 Å². The average molecular weight is 407 g/mol. The molecule has 2 aromatic rings. The van der Waals surface area contributed by atoms with Gasteiger partial charge in [-0.2, -0.15) is 0 Å². The van der Waals surface area contributed by atoms with Crippen molar-refractivity contribution in [1.29, 1.82) is 0 Å². The van der Waals surface area contributed by atoms with Gasteiger partial charge in [0.05, 0.1) is 6.10 Å². The van der Waals surface area contributed by atoms with Gasteiger partial charge in [-0.15, -0.1) is 13.2 Å². The van der Waals surface area contributed by atoms with E-state index in [2.05, 4.69) is 22.2 Å². The molecular weight excluding hydrogens is 383 g/mol. The monoisotopic (exact) mass is 407 g/mol. The summed E-state index contributed by atoms with van der Waals surface area (Å²) in [4.78, 5) is 12.4. The first-order valence-electron chi connectivity index (χ1n) is 9.54. The Kier molecular flexibility index (Phi) is 6.47. The molecule has 2 aromatic carbocycles. The zero-order valence-corrected chi connectivity index (χ0v) is 16.4. The number of methoxy groups -OCH3 is 1. The van der Waals surface area contributed by atoms with E-state index in [1.54, 1.807) is 7.11 Å². The zero-order valence-electron chi connectivity index (χ0n) is 16.4. The second-order valence-corrected chi connectivity index (χ2v) is 7.27. The number of aryl methyl sites for hydroxylation is 1. The largest absolute Gasteiger partial charge is 0.573 e. The molecule has 7 heteroatoms. The Bertz CT molecular complexity index is 849. The van der Waals surface area contributed by atoms with Crippen molar-refractivity contribution in [3.05, 3.63) is 64.7 Å². The minimum absolute atomic E-state index is 0.0948. The van der Waals surface area contributed by atoms with E-state index >= 15 is 0 Å². The van der Waals surface area contributed by atoms with Crippen molar-refractivity contribution in [2.45, 2.75) is 44.6 Å². The van der Waals surface area contributed by atoms with E-state index in [1.165, 1.54) is 28.8 Å². The van der Waals surface area contributed by atoms with Crippen LogP contribution in [0.1, 0.15) is 46.3 Å². The van der Waals surface area contributed by atoms with Crippen LogP contribution in [0.5, 0.6) is 5.75 Å². The van der Waals surface area contributed by atoms with Crippen LogP contribution in [-0.4, -0.2) is 32.0 Å². The minimum Gasteiger partial charge on any atom is -0.406 e. The van der Waals surface area contributed by atoms with Crippen LogP contribution in [0.25, 0.3) is 0 Å². The average Bonchev–Trinajstić information content (AvgIpc) is 2.70.